The molecule has 1 atom stereocenters. The number of hydrogen-bond acceptors (Lipinski definition) is 3. The highest BCUT2D eigenvalue weighted by Crippen LogP contribution is 2.38. The van der Waals surface area contributed by atoms with Crippen molar-refractivity contribution in [3.8, 4) is 5.75 Å². The molecule has 3 rings (SSSR count). The number of urea groups is 1. The zero-order valence-corrected chi connectivity index (χ0v) is 16.9. The molecule has 0 radical (unpaired) electrons. The minimum Gasteiger partial charge on any atom is -0.497 e. The molecule has 1 aliphatic carbocycles. The fraction of sp³-hybridized carbons (Fsp3) is 0.300. The van der Waals surface area contributed by atoms with Gasteiger partial charge in [0.05, 0.1) is 29.7 Å². The number of halogens is 2. The Morgan fingerprint density at radius 3 is 2.57 bits per heavy atom. The molecule has 0 spiro atoms. The average molecular weight is 422 g/mol. The third kappa shape index (κ3) is 4.88. The van der Waals surface area contributed by atoms with Gasteiger partial charge in [-0.2, -0.15) is 0 Å². The van der Waals surface area contributed by atoms with Gasteiger partial charge < -0.3 is 20.7 Å². The predicted molar refractivity (Wildman–Crippen MR) is 109 cm³/mol. The van der Waals surface area contributed by atoms with Crippen molar-refractivity contribution in [3.63, 3.8) is 0 Å². The Morgan fingerprint density at radius 1 is 1.11 bits per heavy atom. The Balaban J connectivity index is 1.43. The highest BCUT2D eigenvalue weighted by molar-refractivity contribution is 6.42. The minimum atomic E-state index is -0.400. The molecule has 0 saturated carbocycles. The van der Waals surface area contributed by atoms with Crippen LogP contribution in [-0.4, -0.2) is 25.6 Å². The van der Waals surface area contributed by atoms with Gasteiger partial charge >= 0.3 is 6.03 Å². The predicted octanol–water partition coefficient (Wildman–Crippen LogP) is 3.60. The third-order valence-corrected chi connectivity index (χ3v) is 5.50. The summed E-state index contributed by atoms with van der Waals surface area (Å²) in [6, 6.07) is 10.5. The summed E-state index contributed by atoms with van der Waals surface area (Å²) in [5.74, 6) is 0.484. The van der Waals surface area contributed by atoms with Crippen LogP contribution >= 0.6 is 23.2 Å². The summed E-state index contributed by atoms with van der Waals surface area (Å²) in [5.41, 5.74) is 2.88. The van der Waals surface area contributed by atoms with Gasteiger partial charge in [-0.1, -0.05) is 41.4 Å². The molecule has 0 aliphatic heterocycles. The molecule has 0 fully saturated rings. The zero-order chi connectivity index (χ0) is 20.1. The van der Waals surface area contributed by atoms with Crippen LogP contribution in [0.25, 0.3) is 0 Å². The number of carbonyl (C=O) groups excluding carboxylic acids is 2. The van der Waals surface area contributed by atoms with E-state index in [0.29, 0.717) is 16.6 Å². The first kappa shape index (κ1) is 20.3. The highest BCUT2D eigenvalue weighted by atomic mass is 35.5. The standard InChI is InChI=1S/C20H21Cl2N3O3/c1-28-13-4-2-12(3-5-13)10-23-18(26)11-24-20(27)25-17-9-7-15-14(17)6-8-16(21)19(15)22/h2-6,8,17H,7,9-11H2,1H3,(H,23,26)(H2,24,25,27). The van der Waals surface area contributed by atoms with Gasteiger partial charge in [0, 0.05) is 6.54 Å². The summed E-state index contributed by atoms with van der Waals surface area (Å²) in [4.78, 5) is 24.1. The molecule has 0 aromatic heterocycles. The quantitative estimate of drug-likeness (QED) is 0.666. The number of methoxy groups -OCH3 is 1. The molecular weight excluding hydrogens is 401 g/mol. The number of ether oxygens (including phenoxy) is 1. The van der Waals surface area contributed by atoms with Crippen LogP contribution in [0.15, 0.2) is 36.4 Å². The zero-order valence-electron chi connectivity index (χ0n) is 15.4. The number of hydrogen-bond donors (Lipinski definition) is 3. The number of amides is 3. The van der Waals surface area contributed by atoms with Crippen molar-refractivity contribution < 1.29 is 14.3 Å². The Hall–Kier alpha value is -2.44. The third-order valence-electron chi connectivity index (χ3n) is 4.65. The molecule has 6 nitrogen and oxygen atoms in total. The summed E-state index contributed by atoms with van der Waals surface area (Å²) >= 11 is 12.3. The van der Waals surface area contributed by atoms with Crippen molar-refractivity contribution in [1.29, 1.82) is 0 Å². The van der Waals surface area contributed by atoms with Crippen molar-refractivity contribution in [1.82, 2.24) is 16.0 Å². The molecule has 8 heteroatoms. The number of carbonyl (C=O) groups is 2. The topological polar surface area (TPSA) is 79.5 Å². The van der Waals surface area contributed by atoms with Gasteiger partial charge in [0.25, 0.3) is 0 Å². The maximum Gasteiger partial charge on any atom is 0.315 e. The van der Waals surface area contributed by atoms with Crippen LogP contribution in [0.3, 0.4) is 0 Å². The van der Waals surface area contributed by atoms with Crippen LogP contribution in [0.1, 0.15) is 29.2 Å². The van der Waals surface area contributed by atoms with E-state index in [2.05, 4.69) is 16.0 Å². The largest absolute Gasteiger partial charge is 0.497 e. The SMILES string of the molecule is COc1ccc(CNC(=O)CNC(=O)NC2CCc3c2ccc(Cl)c3Cl)cc1. The number of nitrogens with one attached hydrogen (secondary N) is 3. The van der Waals surface area contributed by atoms with Gasteiger partial charge in [-0.3, -0.25) is 4.79 Å². The van der Waals surface area contributed by atoms with E-state index in [-0.39, 0.29) is 18.5 Å². The van der Waals surface area contributed by atoms with Gasteiger partial charge in [0.1, 0.15) is 5.75 Å². The second-order valence-electron chi connectivity index (χ2n) is 6.47. The smallest absolute Gasteiger partial charge is 0.315 e. The first-order chi connectivity index (χ1) is 13.5. The van der Waals surface area contributed by atoms with Gasteiger partial charge in [0.2, 0.25) is 5.91 Å². The second kappa shape index (κ2) is 9.17. The van der Waals surface area contributed by atoms with Crippen LogP contribution in [-0.2, 0) is 17.8 Å². The summed E-state index contributed by atoms with van der Waals surface area (Å²) in [5, 5.41) is 9.27. The molecule has 0 heterocycles. The van der Waals surface area contributed by atoms with Crippen molar-refractivity contribution in [2.75, 3.05) is 13.7 Å². The second-order valence-corrected chi connectivity index (χ2v) is 7.26. The van der Waals surface area contributed by atoms with Gasteiger partial charge in [0.15, 0.2) is 0 Å². The normalized spacial score (nSPS) is 14.9. The first-order valence-corrected chi connectivity index (χ1v) is 9.64. The monoisotopic (exact) mass is 421 g/mol. The molecule has 2 aromatic rings. The lowest BCUT2D eigenvalue weighted by atomic mass is 10.1. The lowest BCUT2D eigenvalue weighted by Gasteiger charge is -2.15. The van der Waals surface area contributed by atoms with Crippen LogP contribution in [0.5, 0.6) is 5.75 Å². The maximum atomic E-state index is 12.1. The minimum absolute atomic E-state index is 0.108. The van der Waals surface area contributed by atoms with E-state index in [4.69, 9.17) is 27.9 Å². The molecule has 3 amide bonds. The molecule has 0 bridgehead atoms. The van der Waals surface area contributed by atoms with Gasteiger partial charge in [-0.25, -0.2) is 4.79 Å². The van der Waals surface area contributed by atoms with Gasteiger partial charge in [-0.15, -0.1) is 0 Å². The van der Waals surface area contributed by atoms with Crippen molar-refractivity contribution >= 4 is 35.1 Å². The summed E-state index contributed by atoms with van der Waals surface area (Å²) < 4.78 is 5.09. The number of fused-ring (bicyclic) bond motifs is 1. The van der Waals surface area contributed by atoms with E-state index in [1.165, 1.54) is 0 Å². The van der Waals surface area contributed by atoms with Crippen LogP contribution in [0.4, 0.5) is 4.79 Å². The van der Waals surface area contributed by atoms with E-state index in [1.54, 1.807) is 13.2 Å². The van der Waals surface area contributed by atoms with Crippen LogP contribution in [0, 0.1) is 0 Å². The fourth-order valence-corrected chi connectivity index (χ4v) is 3.60. The lowest BCUT2D eigenvalue weighted by Crippen LogP contribution is -2.42. The van der Waals surface area contributed by atoms with E-state index in [0.717, 1.165) is 35.3 Å². The summed E-state index contributed by atoms with van der Waals surface area (Å²) in [7, 11) is 1.60. The Kier molecular flexibility index (Phi) is 6.65. The number of benzene rings is 2. The highest BCUT2D eigenvalue weighted by Gasteiger charge is 2.26. The summed E-state index contributed by atoms with van der Waals surface area (Å²) in [6.07, 6.45) is 1.49. The van der Waals surface area contributed by atoms with E-state index < -0.39 is 6.03 Å². The molecule has 3 N–H and O–H groups in total. The average Bonchev–Trinajstić information content (AvgIpc) is 3.11. The molecule has 2 aromatic carbocycles. The number of rotatable bonds is 6. The van der Waals surface area contributed by atoms with Crippen molar-refractivity contribution in [3.05, 3.63) is 63.1 Å². The van der Waals surface area contributed by atoms with Crippen LogP contribution < -0.4 is 20.7 Å². The lowest BCUT2D eigenvalue weighted by molar-refractivity contribution is -0.120. The molecule has 28 heavy (non-hydrogen) atoms. The van der Waals surface area contributed by atoms with Crippen LogP contribution in [0.2, 0.25) is 10.0 Å². The molecule has 1 aliphatic rings. The van der Waals surface area contributed by atoms with E-state index >= 15 is 0 Å². The van der Waals surface area contributed by atoms with Crippen molar-refractivity contribution in [2.45, 2.75) is 25.4 Å². The fourth-order valence-electron chi connectivity index (χ4n) is 3.16. The molecule has 0 saturated heterocycles. The summed E-state index contributed by atoms with van der Waals surface area (Å²) in [6.45, 7) is 0.268. The molecule has 148 valence electrons. The maximum absolute atomic E-state index is 12.1. The first-order valence-electron chi connectivity index (χ1n) is 8.88. The Morgan fingerprint density at radius 2 is 1.86 bits per heavy atom. The van der Waals surface area contributed by atoms with Crippen molar-refractivity contribution in [2.24, 2.45) is 0 Å². The molecule has 1 unspecified atom stereocenters. The van der Waals surface area contributed by atoms with Gasteiger partial charge in [-0.05, 0) is 47.7 Å². The molecular formula is C20H21Cl2N3O3. The van der Waals surface area contributed by atoms with E-state index in [1.807, 2.05) is 30.3 Å². The Labute approximate surface area is 173 Å². The Bertz CT molecular complexity index is 872. The van der Waals surface area contributed by atoms with E-state index in [9.17, 15) is 9.59 Å².